The predicted molar refractivity (Wildman–Crippen MR) is 78.9 cm³/mol. The van der Waals surface area contributed by atoms with Gasteiger partial charge in [0, 0.05) is 30.6 Å². The summed E-state index contributed by atoms with van der Waals surface area (Å²) in [4.78, 5) is 11.8. The fourth-order valence-electron chi connectivity index (χ4n) is 3.01. The first-order chi connectivity index (χ1) is 8.94. The summed E-state index contributed by atoms with van der Waals surface area (Å²) >= 11 is 0. The molecule has 2 aromatic rings. The van der Waals surface area contributed by atoms with Crippen molar-refractivity contribution in [3.63, 3.8) is 0 Å². The number of benzene rings is 1. The minimum absolute atomic E-state index is 0.0762. The lowest BCUT2D eigenvalue weighted by molar-refractivity contribution is -0.116. The van der Waals surface area contributed by atoms with Gasteiger partial charge in [-0.05, 0) is 47.2 Å². The van der Waals surface area contributed by atoms with E-state index in [0.717, 1.165) is 6.42 Å². The molecule has 1 aromatic heterocycles. The summed E-state index contributed by atoms with van der Waals surface area (Å²) in [6, 6.07) is 8.57. The number of carbonyl (C=O) groups excluding carboxylic acids is 1. The largest absolute Gasteiger partial charge is 0.351 e. The van der Waals surface area contributed by atoms with Crippen molar-refractivity contribution in [3.05, 3.63) is 42.1 Å². The molecule has 0 atom stereocenters. The number of aryl methyl sites for hydroxylation is 1. The van der Waals surface area contributed by atoms with Crippen LogP contribution in [0.25, 0.3) is 16.5 Å². The van der Waals surface area contributed by atoms with Crippen LogP contribution in [-0.2, 0) is 11.8 Å². The molecule has 1 aromatic carbocycles. The Balaban J connectivity index is 2.06. The van der Waals surface area contributed by atoms with Gasteiger partial charge in [0.1, 0.15) is 0 Å². The minimum Gasteiger partial charge on any atom is -0.351 e. The molecule has 2 nitrogen and oxygen atoms in total. The molecule has 0 fully saturated rings. The van der Waals surface area contributed by atoms with Crippen molar-refractivity contribution in [3.8, 4) is 0 Å². The molecule has 0 amide bonds. The van der Waals surface area contributed by atoms with Gasteiger partial charge in [-0.1, -0.05) is 19.9 Å². The first kappa shape index (κ1) is 12.2. The third-order valence-corrected chi connectivity index (χ3v) is 3.91. The van der Waals surface area contributed by atoms with Gasteiger partial charge in [-0.15, -0.1) is 0 Å². The zero-order valence-electron chi connectivity index (χ0n) is 11.7. The first-order valence-electron chi connectivity index (χ1n) is 6.73. The zero-order valence-corrected chi connectivity index (χ0v) is 11.7. The lowest BCUT2D eigenvalue weighted by Gasteiger charge is -2.29. The van der Waals surface area contributed by atoms with Crippen molar-refractivity contribution in [2.75, 3.05) is 0 Å². The molecule has 1 aliphatic carbocycles. The number of rotatable bonds is 1. The Morgan fingerprint density at radius 2 is 1.95 bits per heavy atom. The maximum atomic E-state index is 11.8. The molecular formula is C17H19NO. The van der Waals surface area contributed by atoms with Gasteiger partial charge in [-0.25, -0.2) is 0 Å². The van der Waals surface area contributed by atoms with Crippen LogP contribution in [-0.4, -0.2) is 10.4 Å². The van der Waals surface area contributed by atoms with E-state index in [1.165, 1.54) is 22.0 Å². The monoisotopic (exact) mass is 253 g/mol. The summed E-state index contributed by atoms with van der Waals surface area (Å²) < 4.78 is 2.11. The third-order valence-electron chi connectivity index (χ3n) is 3.91. The average Bonchev–Trinajstić information content (AvgIpc) is 2.68. The van der Waals surface area contributed by atoms with E-state index < -0.39 is 0 Å². The average molecular weight is 253 g/mol. The molecule has 19 heavy (non-hydrogen) atoms. The smallest absolute Gasteiger partial charge is 0.156 e. The van der Waals surface area contributed by atoms with E-state index in [1.54, 1.807) is 0 Å². The van der Waals surface area contributed by atoms with Crippen LogP contribution in [0, 0.1) is 5.41 Å². The Kier molecular flexibility index (Phi) is 2.63. The quantitative estimate of drug-likeness (QED) is 0.754. The molecular weight excluding hydrogens is 234 g/mol. The van der Waals surface area contributed by atoms with Crippen LogP contribution >= 0.6 is 0 Å². The van der Waals surface area contributed by atoms with Gasteiger partial charge in [0.15, 0.2) is 5.78 Å². The van der Waals surface area contributed by atoms with Crippen LogP contribution < -0.4 is 0 Å². The molecule has 0 saturated carbocycles. The maximum Gasteiger partial charge on any atom is 0.156 e. The summed E-state index contributed by atoms with van der Waals surface area (Å²) in [6.45, 7) is 4.33. The van der Waals surface area contributed by atoms with Crippen LogP contribution in [0.4, 0.5) is 0 Å². The SMILES string of the molecule is Cn1ccc2cc(C3=CC(=O)CC(C)(C)C3)ccc21. The molecule has 0 unspecified atom stereocenters. The summed E-state index contributed by atoms with van der Waals surface area (Å²) in [5.41, 5.74) is 3.66. The summed E-state index contributed by atoms with van der Waals surface area (Å²) in [5, 5.41) is 1.23. The zero-order chi connectivity index (χ0) is 13.6. The molecule has 1 heterocycles. The molecule has 0 saturated heterocycles. The van der Waals surface area contributed by atoms with Crippen molar-refractivity contribution in [1.82, 2.24) is 4.57 Å². The first-order valence-corrected chi connectivity index (χ1v) is 6.73. The highest BCUT2D eigenvalue weighted by Gasteiger charge is 2.27. The number of carbonyl (C=O) groups is 1. The topological polar surface area (TPSA) is 22.0 Å². The van der Waals surface area contributed by atoms with Gasteiger partial charge in [-0.3, -0.25) is 4.79 Å². The van der Waals surface area contributed by atoms with Gasteiger partial charge in [0.25, 0.3) is 0 Å². The van der Waals surface area contributed by atoms with Crippen molar-refractivity contribution in [2.24, 2.45) is 12.5 Å². The van der Waals surface area contributed by atoms with Gasteiger partial charge in [0.05, 0.1) is 0 Å². The van der Waals surface area contributed by atoms with Crippen molar-refractivity contribution in [2.45, 2.75) is 26.7 Å². The highest BCUT2D eigenvalue weighted by atomic mass is 16.1. The number of aromatic nitrogens is 1. The second kappa shape index (κ2) is 4.09. The van der Waals surface area contributed by atoms with Gasteiger partial charge in [-0.2, -0.15) is 0 Å². The number of allylic oxidation sites excluding steroid dienone is 2. The molecule has 3 rings (SSSR count). The van der Waals surface area contributed by atoms with Crippen LogP contribution in [0.2, 0.25) is 0 Å². The molecule has 1 aliphatic rings. The maximum absolute atomic E-state index is 11.8. The predicted octanol–water partition coefficient (Wildman–Crippen LogP) is 3.95. The van der Waals surface area contributed by atoms with Crippen LogP contribution in [0.3, 0.4) is 0 Å². The normalized spacial score (nSPS) is 18.7. The Bertz CT molecular complexity index is 688. The fraction of sp³-hybridized carbons (Fsp3) is 0.353. The molecule has 98 valence electrons. The van der Waals surface area contributed by atoms with Crippen molar-refractivity contribution < 1.29 is 4.79 Å². The molecule has 0 radical (unpaired) electrons. The minimum atomic E-state index is 0.0762. The Hall–Kier alpha value is -1.83. The fourth-order valence-corrected chi connectivity index (χ4v) is 3.01. The van der Waals surface area contributed by atoms with Crippen LogP contribution in [0.15, 0.2) is 36.5 Å². The Labute approximate surface area is 113 Å². The van der Waals surface area contributed by atoms with Gasteiger partial charge in [0.2, 0.25) is 0 Å². The molecule has 2 heteroatoms. The number of hydrogen-bond acceptors (Lipinski definition) is 1. The number of ketones is 1. The molecule has 0 N–H and O–H groups in total. The number of fused-ring (bicyclic) bond motifs is 1. The second-order valence-electron chi connectivity index (χ2n) is 6.35. The number of nitrogens with zero attached hydrogens (tertiary/aromatic N) is 1. The van der Waals surface area contributed by atoms with E-state index in [-0.39, 0.29) is 11.2 Å². The summed E-state index contributed by atoms with van der Waals surface area (Å²) in [6.07, 6.45) is 5.52. The highest BCUT2D eigenvalue weighted by molar-refractivity contribution is 6.00. The van der Waals surface area contributed by atoms with Gasteiger partial charge < -0.3 is 4.57 Å². The van der Waals surface area contributed by atoms with E-state index in [0.29, 0.717) is 6.42 Å². The van der Waals surface area contributed by atoms with E-state index in [1.807, 2.05) is 6.08 Å². The summed E-state index contributed by atoms with van der Waals surface area (Å²) in [5.74, 6) is 0.249. The van der Waals surface area contributed by atoms with Gasteiger partial charge >= 0.3 is 0 Å². The van der Waals surface area contributed by atoms with E-state index >= 15 is 0 Å². The van der Waals surface area contributed by atoms with Crippen LogP contribution in [0.1, 0.15) is 32.3 Å². The van der Waals surface area contributed by atoms with E-state index in [4.69, 9.17) is 0 Å². The highest BCUT2D eigenvalue weighted by Crippen LogP contribution is 2.38. The molecule has 0 aliphatic heterocycles. The number of hydrogen-bond donors (Lipinski definition) is 0. The lowest BCUT2D eigenvalue weighted by atomic mass is 9.75. The summed E-state index contributed by atoms with van der Waals surface area (Å²) in [7, 11) is 2.05. The Morgan fingerprint density at radius 1 is 1.16 bits per heavy atom. The van der Waals surface area contributed by atoms with E-state index in [9.17, 15) is 4.79 Å². The Morgan fingerprint density at radius 3 is 2.68 bits per heavy atom. The molecule has 0 spiro atoms. The third kappa shape index (κ3) is 2.23. The lowest BCUT2D eigenvalue weighted by Crippen LogP contribution is -2.21. The standard InChI is InChI=1S/C17H19NO/c1-17(2)10-14(9-15(19)11-17)12-4-5-16-13(8-12)6-7-18(16)3/h4-9H,10-11H2,1-3H3. The van der Waals surface area contributed by atoms with Crippen molar-refractivity contribution in [1.29, 1.82) is 0 Å². The molecule has 0 bridgehead atoms. The van der Waals surface area contributed by atoms with Crippen molar-refractivity contribution >= 4 is 22.3 Å². The van der Waals surface area contributed by atoms with E-state index in [2.05, 4.69) is 55.9 Å². The second-order valence-corrected chi connectivity index (χ2v) is 6.35. The van der Waals surface area contributed by atoms with Crippen LogP contribution in [0.5, 0.6) is 0 Å².